The molecule has 2 amide bonds. The average molecular weight is 1230 g/mol. The Morgan fingerprint density at radius 1 is 0.722 bits per heavy atom. The second kappa shape index (κ2) is 24.9. The summed E-state index contributed by atoms with van der Waals surface area (Å²) in [6.07, 6.45) is 3.90. The van der Waals surface area contributed by atoms with Crippen molar-refractivity contribution in [3.05, 3.63) is 36.7 Å². The first-order valence-electron chi connectivity index (χ1n) is 24.1. The Balaban J connectivity index is 0.00000423. The average Bonchev–Trinajstić information content (AvgIpc) is 4.13. The maximum Gasteiger partial charge on any atom is 0.220 e. The summed E-state index contributed by atoms with van der Waals surface area (Å²) in [6.45, 7) is 3.57. The van der Waals surface area contributed by atoms with Crippen LogP contribution < -0.4 is 70.1 Å². The molecule has 3 aliphatic rings. The highest BCUT2D eigenvalue weighted by Crippen LogP contribution is 2.35. The van der Waals surface area contributed by atoms with Crippen molar-refractivity contribution < 1.29 is 101 Å². The molecule has 2 saturated heterocycles. The van der Waals surface area contributed by atoms with Crippen LogP contribution in [-0.4, -0.2) is 206 Å². The van der Waals surface area contributed by atoms with Gasteiger partial charge in [-0.3, -0.25) is 18.7 Å². The number of amides is 2. The van der Waals surface area contributed by atoms with E-state index in [2.05, 4.69) is 50.8 Å². The number of quaternary nitrogens is 2. The summed E-state index contributed by atoms with van der Waals surface area (Å²) in [4.78, 5) is 50.7. The van der Waals surface area contributed by atoms with Gasteiger partial charge in [-0.2, -0.15) is 0 Å². The van der Waals surface area contributed by atoms with Crippen LogP contribution in [0, 0.1) is 0 Å². The lowest BCUT2D eigenvalue weighted by atomic mass is 9.99. The number of halogens is 2. The molecule has 7 heterocycles. The van der Waals surface area contributed by atoms with E-state index in [1.807, 2.05) is 32.9 Å². The number of hydrogen-bond donors (Lipinski definition) is 8. The molecule has 0 aromatic carbocycles. The Hall–Kier alpha value is -4.12. The summed E-state index contributed by atoms with van der Waals surface area (Å²) in [5.41, 5.74) is 15.2. The lowest BCUT2D eigenvalue weighted by Crippen LogP contribution is -3.00. The van der Waals surface area contributed by atoms with Crippen LogP contribution in [0.25, 0.3) is 22.3 Å². The van der Waals surface area contributed by atoms with Gasteiger partial charge in [-0.1, -0.05) is 18.1 Å². The van der Waals surface area contributed by atoms with Crippen LogP contribution in [0.3, 0.4) is 0 Å². The number of carbonyl (C=O) groups is 2. The third-order valence-corrected chi connectivity index (χ3v) is 13.6. The second-order valence-electron chi connectivity index (χ2n) is 20.0. The molecule has 0 spiro atoms. The Kier molecular flexibility index (Phi) is 19.8. The highest BCUT2D eigenvalue weighted by molar-refractivity contribution is 5.82. The summed E-state index contributed by atoms with van der Waals surface area (Å²) in [5, 5.41) is 58.6. The monoisotopic (exact) mass is 1230 g/mol. The number of fused-ring (bicyclic) bond motifs is 3. The van der Waals surface area contributed by atoms with Crippen LogP contribution in [-0.2, 0) is 36.8 Å². The van der Waals surface area contributed by atoms with E-state index in [9.17, 15) is 30.0 Å². The van der Waals surface area contributed by atoms with Gasteiger partial charge in [0.05, 0.1) is 72.8 Å². The minimum absolute atomic E-state index is 0. The first-order chi connectivity index (χ1) is 33.5. The van der Waals surface area contributed by atoms with Gasteiger partial charge in [0, 0.05) is 38.8 Å². The van der Waals surface area contributed by atoms with E-state index in [4.69, 9.17) is 25.7 Å². The van der Waals surface area contributed by atoms with Crippen LogP contribution in [0.15, 0.2) is 25.3 Å². The van der Waals surface area contributed by atoms with E-state index in [0.717, 1.165) is 43.5 Å². The molecule has 2 fully saturated rings. The minimum Gasteiger partial charge on any atom is -1.00 e. The summed E-state index contributed by atoms with van der Waals surface area (Å²) >= 11 is 0. The first-order valence-corrected chi connectivity index (χ1v) is 24.1. The molecule has 9 atom stereocenters. The van der Waals surface area contributed by atoms with Crippen molar-refractivity contribution >= 4 is 45.8 Å². The number of anilines is 2. The van der Waals surface area contributed by atoms with Crippen molar-refractivity contribution in [1.82, 2.24) is 64.7 Å². The largest absolute Gasteiger partial charge is 1.00 e. The predicted octanol–water partition coefficient (Wildman–Crippen LogP) is -7.51. The minimum atomic E-state index is -1.21. The summed E-state index contributed by atoms with van der Waals surface area (Å²) in [7, 11) is 7.98. The SMILES string of the molecule is C[N+](C)(CCCC(=O)NCCOC1CCCCCc2c1nnn2CCNC(=O)CCC[N+](C)(C)C[C@H]1O[C@@H](n2cnc3c(N)ncnc32)[C@H](O)[C@@H]1O)C[C@H]1O[C@@H](n2cnc3c(N)ncnc32)[C@H](O)[C@@H]1O.[I-].[I-]. The molecule has 0 saturated carbocycles. The molecule has 1 unspecified atom stereocenters. The zero-order valence-corrected chi connectivity index (χ0v) is 45.4. The van der Waals surface area contributed by atoms with E-state index in [-0.39, 0.29) is 77.5 Å². The number of aromatic nitrogens is 11. The van der Waals surface area contributed by atoms with Gasteiger partial charge >= 0.3 is 0 Å². The zero-order valence-electron chi connectivity index (χ0n) is 41.1. The van der Waals surface area contributed by atoms with Crippen molar-refractivity contribution in [1.29, 1.82) is 0 Å². The molecule has 5 aromatic heterocycles. The fourth-order valence-electron chi connectivity index (χ4n) is 9.83. The molecule has 8 rings (SSSR count). The van der Waals surface area contributed by atoms with Crippen molar-refractivity contribution in [2.75, 3.05) is 85.5 Å². The van der Waals surface area contributed by atoms with Crippen molar-refractivity contribution in [3.63, 3.8) is 0 Å². The third-order valence-electron chi connectivity index (χ3n) is 13.6. The highest BCUT2D eigenvalue weighted by atomic mass is 127. The fraction of sp³-hybridized carbons (Fsp3) is 0.682. The number of likely N-dealkylation sites (N-methyl/N-ethyl adjacent to an activating group) is 2. The fourth-order valence-corrected chi connectivity index (χ4v) is 9.83. The van der Waals surface area contributed by atoms with E-state index in [1.54, 1.807) is 9.13 Å². The zero-order chi connectivity index (χ0) is 49.7. The van der Waals surface area contributed by atoms with E-state index >= 15 is 0 Å². The lowest BCUT2D eigenvalue weighted by molar-refractivity contribution is -0.893. The number of aliphatic hydroxyl groups excluding tert-OH is 4. The number of nitrogens with zero attached hydrogens (tertiary/aromatic N) is 13. The van der Waals surface area contributed by atoms with Gasteiger partial charge in [0.25, 0.3) is 0 Å². The van der Waals surface area contributed by atoms with Crippen molar-refractivity contribution in [2.45, 2.75) is 120 Å². The van der Waals surface area contributed by atoms with Crippen LogP contribution in [0.1, 0.15) is 81.3 Å². The number of nitrogen functional groups attached to an aromatic ring is 2. The van der Waals surface area contributed by atoms with Crippen LogP contribution in [0.2, 0.25) is 0 Å². The summed E-state index contributed by atoms with van der Waals surface area (Å²) < 4.78 is 24.5. The molecule has 2 aliphatic heterocycles. The Bertz CT molecular complexity index is 2580. The molecule has 72 heavy (non-hydrogen) atoms. The standard InChI is InChI=1S/C44H67N17O9.2HI/c1-60(2,20-28-35(64)37(66)43(69-28)57-24-53-33-39(45)49-22-51-41(33)57)17-8-12-30(62)47-14-16-59-26-10-6-5-7-11-27(32(26)55-56-59)68-19-15-48-31(63)13-9-18-61(3,4)21-29-36(65)38(67)44(70-29)58-25-54-34-40(46)50-23-52-42(34)58;;/h22-25,27-29,35-38,43-44,64-67H,5-21H2,1-4H3,(H4-2,45,46,47,48,49,50,51,52,62,63);2*1H/t27?,28-,29-,35-,36-,37-,38-,43-,44-;;/m1../s1. The molecule has 10 N–H and O–H groups in total. The molecule has 0 radical (unpaired) electrons. The van der Waals surface area contributed by atoms with Crippen LogP contribution in [0.4, 0.5) is 11.6 Å². The van der Waals surface area contributed by atoms with Gasteiger partial charge in [0.15, 0.2) is 35.4 Å². The van der Waals surface area contributed by atoms with Crippen molar-refractivity contribution in [2.24, 2.45) is 0 Å². The number of hydrogen-bond acceptors (Lipinski definition) is 19. The van der Waals surface area contributed by atoms with E-state index in [0.29, 0.717) is 109 Å². The smallest absolute Gasteiger partial charge is 0.220 e. The number of rotatable bonds is 21. The molecule has 1 aliphatic carbocycles. The van der Waals surface area contributed by atoms with Crippen LogP contribution >= 0.6 is 0 Å². The van der Waals surface area contributed by atoms with Gasteiger partial charge < -0.3 is 114 Å². The van der Waals surface area contributed by atoms with E-state index in [1.165, 1.54) is 25.3 Å². The molecule has 5 aromatic rings. The molecule has 398 valence electrons. The molecule has 26 nitrogen and oxygen atoms in total. The highest BCUT2D eigenvalue weighted by Gasteiger charge is 2.48. The number of aliphatic hydroxyl groups is 4. The summed E-state index contributed by atoms with van der Waals surface area (Å²) in [5.74, 6) is 0.253. The Labute approximate surface area is 450 Å². The first kappa shape index (κ1) is 57.2. The number of nitrogens with two attached hydrogens (primary N) is 2. The van der Waals surface area contributed by atoms with Gasteiger partial charge in [-0.15, -0.1) is 5.10 Å². The van der Waals surface area contributed by atoms with Gasteiger partial charge in [-0.05, 0) is 19.3 Å². The predicted molar refractivity (Wildman–Crippen MR) is 250 cm³/mol. The third kappa shape index (κ3) is 13.4. The topological polar surface area (TPSA) is 337 Å². The molecular weight excluding hydrogens is 1160 g/mol. The number of carbonyl (C=O) groups excluding carboxylic acids is 2. The van der Waals surface area contributed by atoms with Gasteiger partial charge in [-0.25, -0.2) is 34.6 Å². The molecule has 0 bridgehead atoms. The maximum atomic E-state index is 12.9. The lowest BCUT2D eigenvalue weighted by Gasteiger charge is -2.33. The van der Waals surface area contributed by atoms with E-state index < -0.39 is 49.1 Å². The summed E-state index contributed by atoms with van der Waals surface area (Å²) in [6, 6.07) is 0. The number of imidazole rings is 2. The van der Waals surface area contributed by atoms with Gasteiger partial charge in [0.2, 0.25) is 11.8 Å². The quantitative estimate of drug-likeness (QED) is 0.0192. The second-order valence-corrected chi connectivity index (χ2v) is 20.0. The number of ether oxygens (including phenoxy) is 3. The number of nitrogens with one attached hydrogen (secondary N) is 2. The van der Waals surface area contributed by atoms with Crippen molar-refractivity contribution in [3.8, 4) is 0 Å². The van der Waals surface area contributed by atoms with Crippen LogP contribution in [0.5, 0.6) is 0 Å². The van der Waals surface area contributed by atoms with Gasteiger partial charge in [0.1, 0.15) is 85.2 Å². The maximum absolute atomic E-state index is 12.9. The Morgan fingerprint density at radius 2 is 1.24 bits per heavy atom. The molecular formula is C44H69I2N17O9. The molecule has 28 heteroatoms. The normalized spacial score (nSPS) is 24.6. The Morgan fingerprint density at radius 3 is 1.76 bits per heavy atom.